The summed E-state index contributed by atoms with van der Waals surface area (Å²) in [6.45, 7) is 11.7. The van der Waals surface area contributed by atoms with Gasteiger partial charge in [0.05, 0.1) is 55.9 Å². The van der Waals surface area contributed by atoms with Gasteiger partial charge >= 0.3 is 5.97 Å². The molecule has 10 N–H and O–H groups in total. The normalized spacial score (nSPS) is 52.5. The number of esters is 1. The maximum Gasteiger partial charge on any atom is 0.303 e. The van der Waals surface area contributed by atoms with E-state index in [0.29, 0.717) is 24.7 Å². The molecule has 0 radical (unpaired) electrons. The summed E-state index contributed by atoms with van der Waals surface area (Å²) in [7, 11) is 4.40. The number of methoxy groups -OCH3 is 3. The highest BCUT2D eigenvalue weighted by Gasteiger charge is 2.63. The van der Waals surface area contributed by atoms with Crippen molar-refractivity contribution in [3.8, 4) is 0 Å². The summed E-state index contributed by atoms with van der Waals surface area (Å²) in [5.41, 5.74) is 0.949. The van der Waals surface area contributed by atoms with Crippen LogP contribution in [0.25, 0.3) is 0 Å². The third kappa shape index (κ3) is 12.3. The van der Waals surface area contributed by atoms with E-state index in [2.05, 4.69) is 19.9 Å². The Balaban J connectivity index is 0.831. The van der Waals surface area contributed by atoms with Gasteiger partial charge in [0.2, 0.25) is 0 Å². The molecule has 466 valence electrons. The van der Waals surface area contributed by atoms with Crippen molar-refractivity contribution in [2.45, 2.75) is 266 Å². The molecule has 25 nitrogen and oxygen atoms in total. The predicted molar refractivity (Wildman–Crippen MR) is 276 cm³/mol. The van der Waals surface area contributed by atoms with Crippen molar-refractivity contribution >= 4 is 5.97 Å². The average Bonchev–Trinajstić information content (AvgIpc) is 3.83. The molecule has 0 aromatic rings. The summed E-state index contributed by atoms with van der Waals surface area (Å²) in [6.07, 6.45) is -22.1. The molecule has 0 aromatic carbocycles. The van der Waals surface area contributed by atoms with E-state index < -0.39 is 179 Å². The molecule has 5 heterocycles. The van der Waals surface area contributed by atoms with Crippen LogP contribution in [0.3, 0.4) is 0 Å². The lowest BCUT2D eigenvalue weighted by molar-refractivity contribution is -0.376. The number of aliphatic hydroxyl groups excluding tert-OH is 10. The molecule has 0 unspecified atom stereocenters. The topological polar surface area (TPSA) is 349 Å². The molecule has 5 saturated heterocycles. The summed E-state index contributed by atoms with van der Waals surface area (Å²) in [4.78, 5) is 12.1. The third-order valence-corrected chi connectivity index (χ3v) is 20.2. The van der Waals surface area contributed by atoms with Crippen LogP contribution in [0, 0.1) is 34.5 Å². The minimum absolute atomic E-state index is 0.0830. The second-order valence-electron chi connectivity index (χ2n) is 24.9. The lowest BCUT2D eigenvalue weighted by Crippen LogP contribution is -2.65. The van der Waals surface area contributed by atoms with Crippen molar-refractivity contribution in [3.05, 3.63) is 11.6 Å². The van der Waals surface area contributed by atoms with Crippen LogP contribution in [-0.4, -0.2) is 257 Å². The van der Waals surface area contributed by atoms with Crippen LogP contribution < -0.4 is 0 Å². The second-order valence-corrected chi connectivity index (χ2v) is 24.9. The Morgan fingerprint density at radius 1 is 0.642 bits per heavy atom. The van der Waals surface area contributed by atoms with E-state index >= 15 is 0 Å². The predicted octanol–water partition coefficient (Wildman–Crippen LogP) is -0.956. The van der Waals surface area contributed by atoms with Gasteiger partial charge in [-0.2, -0.15) is 0 Å². The van der Waals surface area contributed by atoms with Crippen molar-refractivity contribution in [1.82, 2.24) is 0 Å². The summed E-state index contributed by atoms with van der Waals surface area (Å²) in [5, 5.41) is 108. The number of hydrogen-bond donors (Lipinski definition) is 10. The molecule has 0 bridgehead atoms. The Bertz CT molecular complexity index is 2110. The van der Waals surface area contributed by atoms with E-state index in [-0.39, 0.29) is 28.8 Å². The second kappa shape index (κ2) is 25.9. The SMILES string of the molecule is CO[C@H]1[C@@H](O)[C@@H](C)O[C@@H](O[C@@H]2[C@@H](C)O[C@@H](O[C@H]3CC[C@@]4(C)C(=CC[C@H]5[C@@H]6C[C@@H](O)[C@H]([C@H](C)O[C@@H]7O[C@H](C)[C@H](O)[C@H](OC)[C@H]7O[C@@H]7O[C@H](CO[C@@H]8O[C@H](CO)[C@@H](O)[C@H](O)[C@H]8O)[C@@H](O)[C@H](O)[C@H]7O)[C@@]6(C)CC[C@@H]54)C3)C[C@H]2OC)[C@@H]1OC(C)=O. The van der Waals surface area contributed by atoms with Crippen molar-refractivity contribution in [1.29, 1.82) is 0 Å². The standard InChI is InChI=1S/C56H92O25/c1-22(73-53-50(48(70-10)39(61)23(2)74-53)81-52-45(67)43(65)41(63)35(79-52)21-71-51-44(66)42(64)40(62)34(20-57)78-51)37-32(59)18-31-29-12-11-27-17-28(13-15-55(27,6)30(29)14-16-56(31,37)7)77-36-19-33(68-8)46(25(4)72-36)80-54-49(76-26(5)58)47(69-9)38(60)24(3)75-54/h11,22-25,28-54,57,59-67H,12-21H2,1-10H3/t22-,23+,24+,25+,28-,29+,30-,31-,32+,33+,34+,35+,36-,37-,38-,39-,40+,41+,42-,43-,44+,45+,46+,47-,48-,49+,50+,51+,52-,53+,54-,55-,56-/m0/s1. The van der Waals surface area contributed by atoms with E-state index in [1.54, 1.807) is 21.0 Å². The van der Waals surface area contributed by atoms with E-state index in [4.69, 9.17) is 66.3 Å². The fourth-order valence-electron chi connectivity index (χ4n) is 15.7. The van der Waals surface area contributed by atoms with Gasteiger partial charge in [-0.25, -0.2) is 0 Å². The van der Waals surface area contributed by atoms with Gasteiger partial charge in [0.15, 0.2) is 37.6 Å². The van der Waals surface area contributed by atoms with Gasteiger partial charge in [0, 0.05) is 40.6 Å². The smallest absolute Gasteiger partial charge is 0.303 e. The van der Waals surface area contributed by atoms with Crippen LogP contribution in [0.4, 0.5) is 0 Å². The molecule has 0 spiro atoms. The highest BCUT2D eigenvalue weighted by atomic mass is 16.8. The van der Waals surface area contributed by atoms with Crippen LogP contribution >= 0.6 is 0 Å². The molecule has 0 aromatic heterocycles. The fraction of sp³-hybridized carbons (Fsp3) is 0.946. The van der Waals surface area contributed by atoms with Crippen LogP contribution in [0.2, 0.25) is 0 Å². The highest BCUT2D eigenvalue weighted by Crippen LogP contribution is 2.67. The number of carbonyl (C=O) groups excluding carboxylic acids is 1. The summed E-state index contributed by atoms with van der Waals surface area (Å²) in [5.74, 6) is -0.0959. The maximum atomic E-state index is 12.2. The Labute approximate surface area is 473 Å². The van der Waals surface area contributed by atoms with Gasteiger partial charge in [0.1, 0.15) is 85.5 Å². The quantitative estimate of drug-likeness (QED) is 0.0620. The molecule has 25 heteroatoms. The zero-order valence-corrected chi connectivity index (χ0v) is 48.1. The van der Waals surface area contributed by atoms with Crippen molar-refractivity contribution in [2.24, 2.45) is 34.5 Å². The Morgan fingerprint density at radius 3 is 1.90 bits per heavy atom. The molecular weight excluding hydrogens is 1070 g/mol. The van der Waals surface area contributed by atoms with Crippen LogP contribution in [0.15, 0.2) is 11.6 Å². The summed E-state index contributed by atoms with van der Waals surface area (Å²) >= 11 is 0. The molecule has 33 atom stereocenters. The zero-order valence-electron chi connectivity index (χ0n) is 48.1. The first kappa shape index (κ1) is 63.8. The minimum atomic E-state index is -1.85. The Hall–Kier alpha value is -1.71. The van der Waals surface area contributed by atoms with E-state index in [9.17, 15) is 55.9 Å². The van der Waals surface area contributed by atoms with Crippen LogP contribution in [0.1, 0.15) is 99.8 Å². The van der Waals surface area contributed by atoms with Gasteiger partial charge in [-0.15, -0.1) is 0 Å². The van der Waals surface area contributed by atoms with Gasteiger partial charge in [-0.3, -0.25) is 4.79 Å². The molecular formula is C56H92O25. The molecule has 81 heavy (non-hydrogen) atoms. The van der Waals surface area contributed by atoms with Crippen molar-refractivity contribution in [2.75, 3.05) is 34.5 Å². The number of aliphatic hydroxyl groups is 10. The molecule has 9 rings (SSSR count). The van der Waals surface area contributed by atoms with E-state index in [0.717, 1.165) is 38.5 Å². The minimum Gasteiger partial charge on any atom is -0.454 e. The van der Waals surface area contributed by atoms with E-state index in [1.165, 1.54) is 26.7 Å². The summed E-state index contributed by atoms with van der Waals surface area (Å²) in [6, 6.07) is 0. The number of fused-ring (bicyclic) bond motifs is 5. The maximum absolute atomic E-state index is 12.2. The average molecular weight is 1170 g/mol. The van der Waals surface area contributed by atoms with Gasteiger partial charge < -0.3 is 117 Å². The molecule has 3 saturated carbocycles. The van der Waals surface area contributed by atoms with Crippen molar-refractivity contribution in [3.63, 3.8) is 0 Å². The van der Waals surface area contributed by atoms with Gasteiger partial charge in [-0.1, -0.05) is 25.5 Å². The Morgan fingerprint density at radius 2 is 1.26 bits per heavy atom. The van der Waals surface area contributed by atoms with Crippen LogP contribution in [-0.2, 0) is 71.1 Å². The first-order valence-corrected chi connectivity index (χ1v) is 29.1. The number of allylic oxidation sites excluding steroid dienone is 1. The lowest BCUT2D eigenvalue weighted by Gasteiger charge is -2.58. The molecule has 5 aliphatic heterocycles. The first-order valence-electron chi connectivity index (χ1n) is 29.1. The Kier molecular flexibility index (Phi) is 20.4. The zero-order chi connectivity index (χ0) is 58.7. The molecule has 8 fully saturated rings. The molecule has 0 amide bonds. The fourth-order valence-corrected chi connectivity index (χ4v) is 15.7. The first-order chi connectivity index (χ1) is 38.4. The highest BCUT2D eigenvalue weighted by molar-refractivity contribution is 5.66. The van der Waals surface area contributed by atoms with Crippen molar-refractivity contribution < 1.29 is 122 Å². The summed E-state index contributed by atoms with van der Waals surface area (Å²) < 4.78 is 85.0. The largest absolute Gasteiger partial charge is 0.454 e. The van der Waals surface area contributed by atoms with Crippen LogP contribution in [0.5, 0.6) is 0 Å². The third-order valence-electron chi connectivity index (χ3n) is 20.2. The molecule has 9 aliphatic rings. The van der Waals surface area contributed by atoms with Gasteiger partial charge in [0.25, 0.3) is 0 Å². The van der Waals surface area contributed by atoms with Gasteiger partial charge in [-0.05, 0) is 101 Å². The number of carbonyl (C=O) groups is 1. The lowest BCUT2D eigenvalue weighted by atomic mass is 9.47. The number of hydrogen-bond acceptors (Lipinski definition) is 25. The van der Waals surface area contributed by atoms with E-state index in [1.807, 2.05) is 13.8 Å². The number of ether oxygens (including phenoxy) is 14. The molecule has 4 aliphatic carbocycles. The number of rotatable bonds is 17. The monoisotopic (exact) mass is 1160 g/mol.